The van der Waals surface area contributed by atoms with Crippen molar-refractivity contribution < 1.29 is 4.57 Å². The molecular weight excluding hydrogens is 313 g/mol. The van der Waals surface area contributed by atoms with E-state index in [4.69, 9.17) is 0 Å². The highest BCUT2D eigenvalue weighted by Crippen LogP contribution is 2.51. The summed E-state index contributed by atoms with van der Waals surface area (Å²) >= 11 is 1.75. The van der Waals surface area contributed by atoms with Gasteiger partial charge >= 0.3 is 7.59 Å². The Hall–Kier alpha value is -0.480. The number of rotatable bonds is 8. The van der Waals surface area contributed by atoms with Crippen LogP contribution >= 0.6 is 19.5 Å². The minimum Gasteiger partial charge on any atom is -0.263 e. The van der Waals surface area contributed by atoms with Gasteiger partial charge in [0.15, 0.2) is 0 Å². The molecule has 0 amide bonds. The van der Waals surface area contributed by atoms with E-state index in [2.05, 4.69) is 10.2 Å². The summed E-state index contributed by atoms with van der Waals surface area (Å²) in [5.41, 5.74) is 1.00. The predicted molar refractivity (Wildman–Crippen MR) is 98.3 cm³/mol. The van der Waals surface area contributed by atoms with E-state index in [0.29, 0.717) is 18.3 Å². The van der Waals surface area contributed by atoms with Gasteiger partial charge in [-0.05, 0) is 36.9 Å². The Balaban J connectivity index is 2.25. The highest BCUT2D eigenvalue weighted by molar-refractivity contribution is 8.07. The van der Waals surface area contributed by atoms with Crippen LogP contribution in [-0.2, 0) is 4.57 Å². The van der Waals surface area contributed by atoms with Crippen molar-refractivity contribution in [1.82, 2.24) is 10.2 Å². The minimum atomic E-state index is -2.82. The Kier molecular flexibility index (Phi) is 7.29. The second-order valence-electron chi connectivity index (χ2n) is 5.57. The van der Waals surface area contributed by atoms with Crippen LogP contribution in [0.3, 0.4) is 0 Å². The molecule has 1 aliphatic rings. The smallest absolute Gasteiger partial charge is 0.263 e. The summed E-state index contributed by atoms with van der Waals surface area (Å²) in [5.74, 6) is 0. The molecule has 0 aliphatic heterocycles. The summed E-state index contributed by atoms with van der Waals surface area (Å²) in [7, 11) is -2.82. The van der Waals surface area contributed by atoms with Crippen molar-refractivity contribution in [3.8, 4) is 0 Å². The molecule has 4 nitrogen and oxygen atoms in total. The number of hydrogen-bond donors (Lipinski definition) is 2. The quantitative estimate of drug-likeness (QED) is 0.525. The molecule has 0 aromatic heterocycles. The average molecular weight is 341 g/mol. The van der Waals surface area contributed by atoms with Gasteiger partial charge < -0.3 is 0 Å². The van der Waals surface area contributed by atoms with E-state index >= 15 is 0 Å². The lowest BCUT2D eigenvalue weighted by atomic mass is 10.0. The molecule has 2 N–H and O–H groups in total. The van der Waals surface area contributed by atoms with Crippen molar-refractivity contribution in [3.63, 3.8) is 0 Å². The molecule has 0 spiro atoms. The van der Waals surface area contributed by atoms with Crippen LogP contribution in [0.25, 0.3) is 0 Å². The number of para-hydroxylation sites is 1. The number of anilines is 1. The molecule has 0 unspecified atom stereocenters. The normalized spacial score (nSPS) is 16.6. The maximum absolute atomic E-state index is 13.5. The predicted octanol–water partition coefficient (Wildman–Crippen LogP) is 4.80. The minimum absolute atomic E-state index is 0.555. The molecule has 124 valence electrons. The first-order chi connectivity index (χ1) is 10.7. The molecule has 1 aliphatic carbocycles. The van der Waals surface area contributed by atoms with Gasteiger partial charge in [-0.1, -0.05) is 51.3 Å². The zero-order valence-corrected chi connectivity index (χ0v) is 15.3. The lowest BCUT2D eigenvalue weighted by molar-refractivity contribution is 0.515. The summed E-state index contributed by atoms with van der Waals surface area (Å²) in [6.45, 7) is 5.36. The van der Waals surface area contributed by atoms with Gasteiger partial charge in [-0.25, -0.2) is 14.3 Å². The van der Waals surface area contributed by atoms with Gasteiger partial charge in [-0.15, -0.1) is 0 Å². The standard InChI is InChI=1S/C16H28N3OPS/c1-3-17-21(20,18-4-2)19(15-11-7-5-8-12-15)22-16-13-9-6-10-14-16/h5,7-8,11-12,16H,3-4,6,9-10,13-14H2,1-2H3,(H2,17,18,20). The topological polar surface area (TPSA) is 44.4 Å². The molecule has 1 fully saturated rings. The fraction of sp³-hybridized carbons (Fsp3) is 0.625. The van der Waals surface area contributed by atoms with Crippen LogP contribution in [-0.4, -0.2) is 18.3 Å². The molecule has 0 radical (unpaired) electrons. The number of nitrogens with one attached hydrogen (secondary N) is 2. The van der Waals surface area contributed by atoms with Crippen molar-refractivity contribution in [1.29, 1.82) is 0 Å². The zero-order chi connectivity index (χ0) is 15.8. The monoisotopic (exact) mass is 341 g/mol. The van der Waals surface area contributed by atoms with Crippen molar-refractivity contribution in [2.45, 2.75) is 51.2 Å². The van der Waals surface area contributed by atoms with Gasteiger partial charge in [-0.2, -0.15) is 0 Å². The third-order valence-electron chi connectivity index (χ3n) is 3.78. The van der Waals surface area contributed by atoms with Gasteiger partial charge in [0.2, 0.25) is 0 Å². The Morgan fingerprint density at radius 1 is 1.09 bits per heavy atom. The fourth-order valence-electron chi connectivity index (χ4n) is 2.77. The summed E-state index contributed by atoms with van der Waals surface area (Å²) in [6.07, 6.45) is 6.33. The third kappa shape index (κ3) is 4.76. The summed E-state index contributed by atoms with van der Waals surface area (Å²) in [6, 6.07) is 10.1. The summed E-state index contributed by atoms with van der Waals surface area (Å²) < 4.78 is 15.5. The van der Waals surface area contributed by atoms with E-state index in [-0.39, 0.29) is 0 Å². The maximum atomic E-state index is 13.5. The van der Waals surface area contributed by atoms with Gasteiger partial charge in [0.25, 0.3) is 0 Å². The Bertz CT molecular complexity index is 470. The first kappa shape index (κ1) is 17.9. The van der Waals surface area contributed by atoms with E-state index in [1.165, 1.54) is 32.1 Å². The van der Waals surface area contributed by atoms with Gasteiger partial charge in [0.05, 0.1) is 5.69 Å². The lowest BCUT2D eigenvalue weighted by Crippen LogP contribution is -2.33. The molecule has 0 heterocycles. The van der Waals surface area contributed by atoms with E-state index in [1.54, 1.807) is 11.9 Å². The van der Waals surface area contributed by atoms with Crippen LogP contribution in [0.2, 0.25) is 0 Å². The lowest BCUT2D eigenvalue weighted by Gasteiger charge is -2.36. The van der Waals surface area contributed by atoms with Crippen LogP contribution in [0.4, 0.5) is 5.69 Å². The van der Waals surface area contributed by atoms with Crippen molar-refractivity contribution in [2.75, 3.05) is 17.2 Å². The molecule has 1 aromatic carbocycles. The summed E-state index contributed by atoms with van der Waals surface area (Å²) in [4.78, 5) is 0. The van der Waals surface area contributed by atoms with Gasteiger partial charge in [0.1, 0.15) is 0 Å². The van der Waals surface area contributed by atoms with Crippen LogP contribution in [0, 0.1) is 0 Å². The van der Waals surface area contributed by atoms with E-state index in [1.807, 2.05) is 48.3 Å². The van der Waals surface area contributed by atoms with Gasteiger partial charge in [-0.3, -0.25) is 4.57 Å². The molecule has 2 rings (SSSR count). The Labute approximate surface area is 139 Å². The largest absolute Gasteiger partial charge is 0.315 e. The van der Waals surface area contributed by atoms with E-state index in [0.717, 1.165) is 5.69 Å². The molecule has 0 saturated heterocycles. The number of benzene rings is 1. The highest BCUT2D eigenvalue weighted by Gasteiger charge is 2.32. The SMILES string of the molecule is CCNP(=O)(NCC)N(SC1CCCCC1)c1ccccc1. The van der Waals surface area contributed by atoms with Crippen LogP contribution < -0.4 is 14.3 Å². The second-order valence-corrected chi connectivity index (χ2v) is 9.27. The van der Waals surface area contributed by atoms with Crippen LogP contribution in [0.15, 0.2) is 30.3 Å². The van der Waals surface area contributed by atoms with E-state index < -0.39 is 7.59 Å². The molecule has 6 heteroatoms. The Morgan fingerprint density at radius 3 is 2.23 bits per heavy atom. The zero-order valence-electron chi connectivity index (χ0n) is 13.6. The average Bonchev–Trinajstić information content (AvgIpc) is 2.55. The third-order valence-corrected chi connectivity index (χ3v) is 8.16. The van der Waals surface area contributed by atoms with Crippen molar-refractivity contribution in [2.24, 2.45) is 0 Å². The maximum Gasteiger partial charge on any atom is 0.315 e. The first-order valence-corrected chi connectivity index (χ1v) is 10.8. The van der Waals surface area contributed by atoms with E-state index in [9.17, 15) is 4.57 Å². The Morgan fingerprint density at radius 2 is 1.68 bits per heavy atom. The van der Waals surface area contributed by atoms with Gasteiger partial charge in [0, 0.05) is 18.3 Å². The summed E-state index contributed by atoms with van der Waals surface area (Å²) in [5, 5.41) is 6.95. The first-order valence-electron chi connectivity index (χ1n) is 8.32. The molecular formula is C16H28N3OPS. The molecule has 0 bridgehead atoms. The second kappa shape index (κ2) is 8.97. The molecule has 0 atom stereocenters. The highest BCUT2D eigenvalue weighted by atomic mass is 32.2. The molecule has 1 aromatic rings. The van der Waals surface area contributed by atoms with Crippen LogP contribution in [0.5, 0.6) is 0 Å². The number of hydrogen-bond acceptors (Lipinski definition) is 2. The number of nitrogens with zero attached hydrogens (tertiary/aromatic N) is 1. The molecule has 1 saturated carbocycles. The van der Waals surface area contributed by atoms with Crippen LogP contribution in [0.1, 0.15) is 46.0 Å². The van der Waals surface area contributed by atoms with Crippen molar-refractivity contribution >= 4 is 25.2 Å². The van der Waals surface area contributed by atoms with Crippen molar-refractivity contribution in [3.05, 3.63) is 30.3 Å². The fourth-order valence-corrected chi connectivity index (χ4v) is 6.80. The molecule has 22 heavy (non-hydrogen) atoms.